The van der Waals surface area contributed by atoms with Crippen molar-refractivity contribution in [2.24, 2.45) is 16.2 Å². The second-order valence-corrected chi connectivity index (χ2v) is 4.85. The minimum atomic E-state index is -1.80. The monoisotopic (exact) mass is 278 g/mol. The SMILES string of the molecule is CCOC(=O)[C@@]1(C#N)C(C)(CC)[C@]1(C#N)C(=O)OCC. The zero-order chi connectivity index (χ0) is 15.6. The smallest absolute Gasteiger partial charge is 0.329 e. The summed E-state index contributed by atoms with van der Waals surface area (Å²) < 4.78 is 9.84. The minimum Gasteiger partial charge on any atom is -0.465 e. The van der Waals surface area contributed by atoms with Gasteiger partial charge in [0.05, 0.1) is 25.4 Å². The van der Waals surface area contributed by atoms with Gasteiger partial charge in [-0.25, -0.2) is 0 Å². The zero-order valence-electron chi connectivity index (χ0n) is 12.1. The van der Waals surface area contributed by atoms with Gasteiger partial charge in [-0.2, -0.15) is 10.5 Å². The van der Waals surface area contributed by atoms with E-state index >= 15 is 0 Å². The highest BCUT2D eigenvalue weighted by Crippen LogP contribution is 2.80. The summed E-state index contributed by atoms with van der Waals surface area (Å²) in [5.74, 6) is -1.66. The molecule has 1 saturated carbocycles. The third-order valence-corrected chi connectivity index (χ3v) is 4.36. The van der Waals surface area contributed by atoms with Crippen molar-refractivity contribution in [3.8, 4) is 12.1 Å². The summed E-state index contributed by atoms with van der Waals surface area (Å²) in [5.41, 5.74) is -4.71. The van der Waals surface area contributed by atoms with E-state index in [4.69, 9.17) is 9.47 Å². The lowest BCUT2D eigenvalue weighted by molar-refractivity contribution is -0.155. The molecular weight excluding hydrogens is 260 g/mol. The van der Waals surface area contributed by atoms with Crippen LogP contribution < -0.4 is 0 Å². The van der Waals surface area contributed by atoms with Gasteiger partial charge in [-0.1, -0.05) is 13.8 Å². The lowest BCUT2D eigenvalue weighted by Gasteiger charge is -2.11. The van der Waals surface area contributed by atoms with E-state index in [0.29, 0.717) is 6.42 Å². The molecule has 20 heavy (non-hydrogen) atoms. The van der Waals surface area contributed by atoms with Gasteiger partial charge in [0.25, 0.3) is 0 Å². The van der Waals surface area contributed by atoms with Crippen molar-refractivity contribution in [3.05, 3.63) is 0 Å². The largest absolute Gasteiger partial charge is 0.465 e. The van der Waals surface area contributed by atoms with Gasteiger partial charge in [-0.15, -0.1) is 0 Å². The Morgan fingerprint density at radius 3 is 1.50 bits per heavy atom. The van der Waals surface area contributed by atoms with Crippen molar-refractivity contribution < 1.29 is 19.1 Å². The van der Waals surface area contributed by atoms with Crippen LogP contribution in [0.4, 0.5) is 0 Å². The third-order valence-electron chi connectivity index (χ3n) is 4.36. The number of carbonyl (C=O) groups is 2. The fraction of sp³-hybridized carbons (Fsp3) is 0.714. The molecule has 1 aliphatic rings. The van der Waals surface area contributed by atoms with Crippen molar-refractivity contribution in [1.29, 1.82) is 10.5 Å². The van der Waals surface area contributed by atoms with Crippen LogP contribution in [0.5, 0.6) is 0 Å². The molecule has 2 atom stereocenters. The lowest BCUT2D eigenvalue weighted by atomic mass is 9.93. The quantitative estimate of drug-likeness (QED) is 0.707. The molecular formula is C14H18N2O4. The highest BCUT2D eigenvalue weighted by molar-refractivity contribution is 6.02. The highest BCUT2D eigenvalue weighted by atomic mass is 16.5. The first kappa shape index (κ1) is 16.0. The summed E-state index contributed by atoms with van der Waals surface area (Å²) in [4.78, 5) is 24.4. The van der Waals surface area contributed by atoms with Crippen LogP contribution in [0.1, 0.15) is 34.1 Å². The van der Waals surface area contributed by atoms with E-state index in [2.05, 4.69) is 0 Å². The van der Waals surface area contributed by atoms with E-state index < -0.39 is 28.2 Å². The average Bonchev–Trinajstić information content (AvgIpc) is 2.95. The summed E-state index contributed by atoms with van der Waals surface area (Å²) in [5, 5.41) is 19.0. The fourth-order valence-electron chi connectivity index (χ4n) is 3.05. The van der Waals surface area contributed by atoms with Crippen LogP contribution in [-0.2, 0) is 19.1 Å². The summed E-state index contributed by atoms with van der Waals surface area (Å²) in [6.07, 6.45) is 0.311. The highest BCUT2D eigenvalue weighted by Gasteiger charge is 2.94. The minimum absolute atomic E-state index is 0.0758. The van der Waals surface area contributed by atoms with E-state index in [9.17, 15) is 20.1 Å². The Bertz CT molecular complexity index is 474. The predicted molar refractivity (Wildman–Crippen MR) is 67.8 cm³/mol. The van der Waals surface area contributed by atoms with Crippen LogP contribution in [0.3, 0.4) is 0 Å². The molecule has 108 valence electrons. The molecule has 0 radical (unpaired) electrons. The van der Waals surface area contributed by atoms with Crippen molar-refractivity contribution in [2.75, 3.05) is 13.2 Å². The van der Waals surface area contributed by atoms with Crippen LogP contribution >= 0.6 is 0 Å². The molecule has 0 saturated heterocycles. The van der Waals surface area contributed by atoms with Gasteiger partial charge in [-0.05, 0) is 20.3 Å². The molecule has 0 spiro atoms. The third kappa shape index (κ3) is 1.42. The Balaban J connectivity index is 3.45. The number of rotatable bonds is 5. The number of hydrogen-bond acceptors (Lipinski definition) is 6. The van der Waals surface area contributed by atoms with Crippen molar-refractivity contribution in [3.63, 3.8) is 0 Å². The van der Waals surface area contributed by atoms with Crippen LogP contribution in [0.15, 0.2) is 0 Å². The molecule has 0 bridgehead atoms. The average molecular weight is 278 g/mol. The maximum Gasteiger partial charge on any atom is 0.329 e. The molecule has 0 heterocycles. The maximum absolute atomic E-state index is 12.2. The predicted octanol–water partition coefficient (Wildman–Crippen LogP) is 1.56. The number of carbonyl (C=O) groups excluding carboxylic acids is 2. The van der Waals surface area contributed by atoms with Gasteiger partial charge in [0.2, 0.25) is 0 Å². The van der Waals surface area contributed by atoms with Crippen LogP contribution in [0, 0.1) is 38.9 Å². The molecule has 0 aliphatic heterocycles. The number of ether oxygens (including phenoxy) is 2. The van der Waals surface area contributed by atoms with E-state index in [-0.39, 0.29) is 13.2 Å². The van der Waals surface area contributed by atoms with Crippen molar-refractivity contribution in [2.45, 2.75) is 34.1 Å². The maximum atomic E-state index is 12.2. The Labute approximate surface area is 118 Å². The molecule has 1 fully saturated rings. The number of hydrogen-bond donors (Lipinski definition) is 0. The molecule has 6 nitrogen and oxygen atoms in total. The van der Waals surface area contributed by atoms with Gasteiger partial charge in [0.1, 0.15) is 0 Å². The summed E-state index contributed by atoms with van der Waals surface area (Å²) >= 11 is 0. The molecule has 0 unspecified atom stereocenters. The topological polar surface area (TPSA) is 100 Å². The van der Waals surface area contributed by atoms with Crippen LogP contribution in [-0.4, -0.2) is 25.2 Å². The lowest BCUT2D eigenvalue weighted by Crippen LogP contribution is -2.30. The second kappa shape index (κ2) is 5.13. The first-order valence-electron chi connectivity index (χ1n) is 6.57. The zero-order valence-corrected chi connectivity index (χ0v) is 12.1. The first-order valence-corrected chi connectivity index (χ1v) is 6.57. The number of esters is 2. The van der Waals surface area contributed by atoms with E-state index in [1.807, 2.05) is 12.1 Å². The molecule has 0 aromatic rings. The van der Waals surface area contributed by atoms with Gasteiger partial charge < -0.3 is 9.47 Å². The Morgan fingerprint density at radius 2 is 1.30 bits per heavy atom. The van der Waals surface area contributed by atoms with E-state index in [0.717, 1.165) is 0 Å². The Kier molecular flexibility index (Phi) is 4.10. The van der Waals surface area contributed by atoms with Crippen LogP contribution in [0.2, 0.25) is 0 Å². The molecule has 6 heteroatoms. The molecule has 0 aromatic carbocycles. The first-order chi connectivity index (χ1) is 9.39. The number of nitrogens with zero attached hydrogens (tertiary/aromatic N) is 2. The standard InChI is InChI=1S/C14H18N2O4/c1-5-12(4)13(8-15,10(17)19-6-2)14(12,9-16)11(18)20-7-3/h5-7H2,1-4H3/t13-,14-/m0/s1. The van der Waals surface area contributed by atoms with Gasteiger partial charge in [-0.3, -0.25) is 9.59 Å². The molecule has 1 rings (SSSR count). The molecule has 0 N–H and O–H groups in total. The molecule has 0 amide bonds. The molecule has 0 aromatic heterocycles. The molecule has 1 aliphatic carbocycles. The second-order valence-electron chi connectivity index (χ2n) is 4.85. The Hall–Kier alpha value is -2.08. The van der Waals surface area contributed by atoms with E-state index in [1.165, 1.54) is 0 Å². The summed E-state index contributed by atoms with van der Waals surface area (Å²) in [7, 11) is 0. The van der Waals surface area contributed by atoms with Crippen molar-refractivity contribution >= 4 is 11.9 Å². The van der Waals surface area contributed by atoms with Gasteiger partial charge in [0.15, 0.2) is 10.8 Å². The summed E-state index contributed by atoms with van der Waals surface area (Å²) in [6, 6.07) is 3.72. The number of nitriles is 2. The van der Waals surface area contributed by atoms with Gasteiger partial charge in [0, 0.05) is 5.41 Å². The van der Waals surface area contributed by atoms with Crippen molar-refractivity contribution in [1.82, 2.24) is 0 Å². The fourth-order valence-corrected chi connectivity index (χ4v) is 3.05. The van der Waals surface area contributed by atoms with Crippen LogP contribution in [0.25, 0.3) is 0 Å². The Morgan fingerprint density at radius 1 is 0.950 bits per heavy atom. The summed E-state index contributed by atoms with van der Waals surface area (Å²) in [6.45, 7) is 6.66. The van der Waals surface area contributed by atoms with Gasteiger partial charge >= 0.3 is 11.9 Å². The normalized spacial score (nSPS) is 34.5. The van der Waals surface area contributed by atoms with E-state index in [1.54, 1.807) is 27.7 Å².